The van der Waals surface area contributed by atoms with Crippen LogP contribution in [0.3, 0.4) is 0 Å². The van der Waals surface area contributed by atoms with E-state index in [1.54, 1.807) is 0 Å². The van der Waals surface area contributed by atoms with Gasteiger partial charge in [0.15, 0.2) is 0 Å². The number of carbonyl (C=O) groups excluding carboxylic acids is 2. The molecule has 0 saturated heterocycles. The lowest BCUT2D eigenvalue weighted by Crippen LogP contribution is -2.50. The van der Waals surface area contributed by atoms with Gasteiger partial charge in [0.25, 0.3) is 0 Å². The maximum Gasteiger partial charge on any atom is 0.408 e. The molecule has 1 aromatic carbocycles. The molecule has 1 saturated carbocycles. The van der Waals surface area contributed by atoms with Crippen molar-refractivity contribution >= 4 is 22.9 Å². The molecule has 0 bridgehead atoms. The molecule has 6 heteroatoms. The van der Waals surface area contributed by atoms with Gasteiger partial charge in [-0.1, -0.05) is 37.5 Å². The van der Waals surface area contributed by atoms with Gasteiger partial charge in [0.1, 0.15) is 11.6 Å². The third kappa shape index (κ3) is 6.24. The van der Waals surface area contributed by atoms with Crippen molar-refractivity contribution in [2.45, 2.75) is 70.9 Å². The summed E-state index contributed by atoms with van der Waals surface area (Å²) in [5, 5.41) is 6.90. The Morgan fingerprint density at radius 1 is 1.17 bits per heavy atom. The molecule has 3 N–H and O–H groups in total. The Hall–Kier alpha value is -2.50. The molecule has 1 aliphatic carbocycles. The van der Waals surface area contributed by atoms with Gasteiger partial charge in [-0.2, -0.15) is 0 Å². The number of aromatic nitrogens is 1. The Balaban J connectivity index is 1.69. The summed E-state index contributed by atoms with van der Waals surface area (Å²) in [6.45, 7) is 6.10. The first-order valence-corrected chi connectivity index (χ1v) is 10.6. The molecular weight excluding hydrogens is 366 g/mol. The first-order valence-electron chi connectivity index (χ1n) is 10.6. The maximum absolute atomic E-state index is 13.0. The second-order valence-corrected chi connectivity index (χ2v) is 9.01. The van der Waals surface area contributed by atoms with Crippen molar-refractivity contribution < 1.29 is 14.3 Å². The SMILES string of the molecule is CC(C)(C)OC(=O)NC(Cc1c[nH]c2ccccc12)C(=O)NCC1CCCCC1. The van der Waals surface area contributed by atoms with Crippen LogP contribution in [0.2, 0.25) is 0 Å². The molecule has 29 heavy (non-hydrogen) atoms. The minimum atomic E-state index is -0.687. The average molecular weight is 400 g/mol. The van der Waals surface area contributed by atoms with E-state index >= 15 is 0 Å². The second-order valence-electron chi connectivity index (χ2n) is 9.01. The number of aromatic amines is 1. The zero-order valence-electron chi connectivity index (χ0n) is 17.7. The Labute approximate surface area is 172 Å². The van der Waals surface area contributed by atoms with Gasteiger partial charge in [0.2, 0.25) is 5.91 Å². The van der Waals surface area contributed by atoms with Crippen LogP contribution in [0.4, 0.5) is 4.79 Å². The molecule has 1 heterocycles. The highest BCUT2D eigenvalue weighted by molar-refractivity contribution is 5.88. The fourth-order valence-corrected chi connectivity index (χ4v) is 3.94. The van der Waals surface area contributed by atoms with E-state index in [2.05, 4.69) is 15.6 Å². The van der Waals surface area contributed by atoms with Crippen LogP contribution in [-0.2, 0) is 16.0 Å². The van der Waals surface area contributed by atoms with Crippen LogP contribution >= 0.6 is 0 Å². The number of ether oxygens (including phenoxy) is 1. The predicted octanol–water partition coefficient (Wildman–Crippen LogP) is 4.30. The summed E-state index contributed by atoms with van der Waals surface area (Å²) in [5.41, 5.74) is 1.39. The van der Waals surface area contributed by atoms with Crippen LogP contribution in [0.25, 0.3) is 10.9 Å². The quantitative estimate of drug-likeness (QED) is 0.677. The first-order chi connectivity index (χ1) is 13.8. The highest BCUT2D eigenvalue weighted by Gasteiger charge is 2.26. The van der Waals surface area contributed by atoms with E-state index in [1.165, 1.54) is 19.3 Å². The van der Waals surface area contributed by atoms with Gasteiger partial charge < -0.3 is 20.4 Å². The van der Waals surface area contributed by atoms with E-state index in [0.717, 1.165) is 29.3 Å². The number of para-hydroxylation sites is 1. The molecule has 158 valence electrons. The van der Waals surface area contributed by atoms with Crippen LogP contribution < -0.4 is 10.6 Å². The van der Waals surface area contributed by atoms with Crippen LogP contribution in [0, 0.1) is 5.92 Å². The number of alkyl carbamates (subject to hydrolysis) is 1. The predicted molar refractivity (Wildman–Crippen MR) is 115 cm³/mol. The molecule has 0 radical (unpaired) electrons. The van der Waals surface area contributed by atoms with Gasteiger partial charge in [0, 0.05) is 30.1 Å². The normalized spacial score (nSPS) is 16.4. The standard InChI is InChI=1S/C23H33N3O3/c1-23(2,3)29-22(28)26-20(21(27)25-14-16-9-5-4-6-10-16)13-17-15-24-19-12-8-7-11-18(17)19/h7-8,11-12,15-16,20,24H,4-6,9-10,13-14H2,1-3H3,(H,25,27)(H,26,28). The fraction of sp³-hybridized carbons (Fsp3) is 0.565. The third-order valence-electron chi connectivity index (χ3n) is 5.40. The largest absolute Gasteiger partial charge is 0.444 e. The molecule has 6 nitrogen and oxygen atoms in total. The number of hydrogen-bond acceptors (Lipinski definition) is 3. The maximum atomic E-state index is 13.0. The summed E-state index contributed by atoms with van der Waals surface area (Å²) in [6, 6.07) is 7.27. The minimum Gasteiger partial charge on any atom is -0.444 e. The number of rotatable bonds is 6. The minimum absolute atomic E-state index is 0.160. The van der Waals surface area contributed by atoms with Crippen molar-refractivity contribution in [1.82, 2.24) is 15.6 Å². The Bertz CT molecular complexity index is 831. The summed E-state index contributed by atoms with van der Waals surface area (Å²) in [7, 11) is 0. The molecule has 1 fully saturated rings. The zero-order valence-corrected chi connectivity index (χ0v) is 17.7. The van der Waals surface area contributed by atoms with E-state index in [-0.39, 0.29) is 5.91 Å². The van der Waals surface area contributed by atoms with Crippen molar-refractivity contribution in [2.75, 3.05) is 6.54 Å². The molecule has 1 unspecified atom stereocenters. The lowest BCUT2D eigenvalue weighted by Gasteiger charge is -2.25. The van der Waals surface area contributed by atoms with Crippen LogP contribution in [-0.4, -0.2) is 35.2 Å². The van der Waals surface area contributed by atoms with Crippen molar-refractivity contribution in [3.05, 3.63) is 36.0 Å². The topological polar surface area (TPSA) is 83.2 Å². The van der Waals surface area contributed by atoms with Gasteiger partial charge in [-0.25, -0.2) is 4.79 Å². The number of benzene rings is 1. The number of carbonyl (C=O) groups is 2. The van der Waals surface area contributed by atoms with E-state index in [1.807, 2.05) is 51.2 Å². The third-order valence-corrected chi connectivity index (χ3v) is 5.40. The molecule has 1 aliphatic rings. The highest BCUT2D eigenvalue weighted by Crippen LogP contribution is 2.23. The van der Waals surface area contributed by atoms with Crippen molar-refractivity contribution in [2.24, 2.45) is 5.92 Å². The van der Waals surface area contributed by atoms with Gasteiger partial charge in [-0.15, -0.1) is 0 Å². The summed E-state index contributed by atoms with van der Waals surface area (Å²) < 4.78 is 5.38. The highest BCUT2D eigenvalue weighted by atomic mass is 16.6. The Morgan fingerprint density at radius 2 is 1.90 bits per heavy atom. The van der Waals surface area contributed by atoms with E-state index in [4.69, 9.17) is 4.74 Å². The molecule has 2 aromatic rings. The Morgan fingerprint density at radius 3 is 2.62 bits per heavy atom. The zero-order chi connectivity index (χ0) is 20.9. The molecule has 0 spiro atoms. The van der Waals surface area contributed by atoms with Crippen LogP contribution in [0.15, 0.2) is 30.5 Å². The number of H-pyrrole nitrogens is 1. The van der Waals surface area contributed by atoms with Crippen molar-refractivity contribution in [1.29, 1.82) is 0 Å². The fourth-order valence-electron chi connectivity index (χ4n) is 3.94. The second kappa shape index (κ2) is 9.33. The van der Waals surface area contributed by atoms with E-state index in [0.29, 0.717) is 18.9 Å². The first kappa shape index (κ1) is 21.2. The monoisotopic (exact) mass is 399 g/mol. The lowest BCUT2D eigenvalue weighted by molar-refractivity contribution is -0.123. The molecule has 1 aromatic heterocycles. The van der Waals surface area contributed by atoms with Gasteiger partial charge in [-0.3, -0.25) is 4.79 Å². The van der Waals surface area contributed by atoms with Gasteiger partial charge in [-0.05, 0) is 51.2 Å². The van der Waals surface area contributed by atoms with E-state index < -0.39 is 17.7 Å². The van der Waals surface area contributed by atoms with Crippen molar-refractivity contribution in [3.63, 3.8) is 0 Å². The summed E-state index contributed by atoms with van der Waals surface area (Å²) >= 11 is 0. The van der Waals surface area contributed by atoms with Crippen LogP contribution in [0.1, 0.15) is 58.4 Å². The number of nitrogens with one attached hydrogen (secondary N) is 3. The van der Waals surface area contributed by atoms with E-state index in [9.17, 15) is 9.59 Å². The number of amides is 2. The van der Waals surface area contributed by atoms with Crippen molar-refractivity contribution in [3.8, 4) is 0 Å². The number of hydrogen-bond donors (Lipinski definition) is 3. The number of fused-ring (bicyclic) bond motifs is 1. The molecule has 3 rings (SSSR count). The summed E-state index contributed by atoms with van der Waals surface area (Å²) in [4.78, 5) is 28.5. The Kier molecular flexibility index (Phi) is 6.83. The molecular formula is C23H33N3O3. The average Bonchev–Trinajstić information content (AvgIpc) is 3.08. The lowest BCUT2D eigenvalue weighted by atomic mass is 9.89. The molecule has 0 aliphatic heterocycles. The summed E-state index contributed by atoms with van der Waals surface area (Å²) in [6.07, 6.45) is 7.80. The van der Waals surface area contributed by atoms with Crippen LogP contribution in [0.5, 0.6) is 0 Å². The molecule has 1 atom stereocenters. The summed E-state index contributed by atoms with van der Waals surface area (Å²) in [5.74, 6) is 0.370. The smallest absolute Gasteiger partial charge is 0.408 e. The molecule has 2 amide bonds. The van der Waals surface area contributed by atoms with Gasteiger partial charge >= 0.3 is 6.09 Å². The van der Waals surface area contributed by atoms with Gasteiger partial charge in [0.05, 0.1) is 0 Å².